The second-order valence-corrected chi connectivity index (χ2v) is 8.89. The van der Waals surface area contributed by atoms with Gasteiger partial charge in [0.1, 0.15) is 16.8 Å². The molecule has 3 aromatic rings. The Bertz CT molecular complexity index is 1300. The van der Waals surface area contributed by atoms with Gasteiger partial charge in [-0.2, -0.15) is 15.5 Å². The van der Waals surface area contributed by atoms with Crippen molar-refractivity contribution >= 4 is 23.1 Å². The number of nitrogens with one attached hydrogen (secondary N) is 1. The summed E-state index contributed by atoms with van der Waals surface area (Å²) >= 11 is 0. The number of anilines is 1. The maximum Gasteiger partial charge on any atom is 0.252 e. The molecule has 1 aliphatic heterocycles. The predicted octanol–water partition coefficient (Wildman–Crippen LogP) is 1.18. The van der Waals surface area contributed by atoms with Gasteiger partial charge >= 0.3 is 0 Å². The van der Waals surface area contributed by atoms with Crippen LogP contribution in [0.4, 0.5) is 5.69 Å². The van der Waals surface area contributed by atoms with Crippen molar-refractivity contribution in [3.63, 3.8) is 0 Å². The van der Waals surface area contributed by atoms with Crippen LogP contribution in [0.2, 0.25) is 0 Å². The van der Waals surface area contributed by atoms with Crippen LogP contribution in [-0.2, 0) is 11.8 Å². The average molecular weight is 448 g/mol. The molecule has 2 aliphatic rings. The lowest BCUT2D eigenvalue weighted by molar-refractivity contribution is -0.134. The van der Waals surface area contributed by atoms with E-state index in [0.717, 1.165) is 6.42 Å². The highest BCUT2D eigenvalue weighted by Gasteiger charge is 2.54. The minimum atomic E-state index is -0.851. The van der Waals surface area contributed by atoms with Crippen LogP contribution < -0.4 is 11.1 Å². The SMILES string of the molecule is CC[C@H]1CN(C(=O)C2(C#N)CC2)C[C@H]1Nc1c(C(N)=O)cnn2cc(-c3ccn(C)n3)nc12. The number of hydrogen-bond donors (Lipinski definition) is 2. The second-order valence-electron chi connectivity index (χ2n) is 8.89. The number of aromatic nitrogens is 5. The number of nitrogens with two attached hydrogens (primary N) is 1. The zero-order valence-corrected chi connectivity index (χ0v) is 18.5. The van der Waals surface area contributed by atoms with E-state index in [1.807, 2.05) is 19.3 Å². The molecule has 2 atom stereocenters. The number of imidazole rings is 1. The van der Waals surface area contributed by atoms with E-state index in [9.17, 15) is 14.9 Å². The first-order valence-corrected chi connectivity index (χ1v) is 11.0. The van der Waals surface area contributed by atoms with Crippen molar-refractivity contribution in [1.82, 2.24) is 29.3 Å². The molecule has 0 spiro atoms. The Hall–Kier alpha value is -3.94. The Kier molecular flexibility index (Phi) is 4.81. The summed E-state index contributed by atoms with van der Waals surface area (Å²) in [6.07, 6.45) is 7.07. The first-order valence-electron chi connectivity index (χ1n) is 11.0. The normalized spacial score (nSPS) is 21.2. The van der Waals surface area contributed by atoms with E-state index in [1.54, 1.807) is 20.3 Å². The van der Waals surface area contributed by atoms with E-state index in [0.29, 0.717) is 48.7 Å². The van der Waals surface area contributed by atoms with Crippen molar-refractivity contribution in [3.05, 3.63) is 30.2 Å². The lowest BCUT2D eigenvalue weighted by Gasteiger charge is -2.21. The summed E-state index contributed by atoms with van der Waals surface area (Å²) in [5.74, 6) is -0.557. The van der Waals surface area contributed by atoms with Crippen molar-refractivity contribution in [1.29, 1.82) is 5.26 Å². The summed E-state index contributed by atoms with van der Waals surface area (Å²) in [6.45, 7) is 3.08. The van der Waals surface area contributed by atoms with Crippen molar-refractivity contribution in [2.24, 2.45) is 24.1 Å². The quantitative estimate of drug-likeness (QED) is 0.576. The third-order valence-corrected chi connectivity index (χ3v) is 6.69. The highest BCUT2D eigenvalue weighted by Crippen LogP contribution is 2.47. The Labute approximate surface area is 190 Å². The molecule has 0 radical (unpaired) electrons. The van der Waals surface area contributed by atoms with Crippen LogP contribution >= 0.6 is 0 Å². The van der Waals surface area contributed by atoms with Crippen LogP contribution in [0.25, 0.3) is 17.0 Å². The van der Waals surface area contributed by atoms with Gasteiger partial charge in [0.05, 0.1) is 29.7 Å². The first kappa shape index (κ1) is 20.9. The zero-order valence-electron chi connectivity index (χ0n) is 18.5. The van der Waals surface area contributed by atoms with Crippen LogP contribution in [0.5, 0.6) is 0 Å². The van der Waals surface area contributed by atoms with E-state index in [1.165, 1.54) is 6.20 Å². The van der Waals surface area contributed by atoms with Crippen molar-refractivity contribution in [3.8, 4) is 17.5 Å². The molecule has 11 heteroatoms. The number of carbonyl (C=O) groups is 2. The van der Waals surface area contributed by atoms with Crippen LogP contribution in [0.1, 0.15) is 36.5 Å². The molecular formula is C22H25N9O2. The molecule has 3 N–H and O–H groups in total. The van der Waals surface area contributed by atoms with E-state index in [4.69, 9.17) is 5.73 Å². The standard InChI is InChI=1S/C22H25N9O2/c1-3-13-9-30(21(33)22(12-23)5-6-22)10-16(13)26-18-14(19(24)32)8-25-31-11-17(27-20(18)31)15-4-7-29(2)28-15/h4,7-8,11,13,16,26H,3,5-6,9-10H2,1-2H3,(H2,24,32)/t13-,16+/m0/s1. The molecule has 33 heavy (non-hydrogen) atoms. The van der Waals surface area contributed by atoms with Crippen molar-refractivity contribution < 1.29 is 9.59 Å². The molecule has 170 valence electrons. The van der Waals surface area contributed by atoms with Crippen LogP contribution in [0.15, 0.2) is 24.7 Å². The Morgan fingerprint density at radius 2 is 2.12 bits per heavy atom. The van der Waals surface area contributed by atoms with Gasteiger partial charge in [0, 0.05) is 32.4 Å². The van der Waals surface area contributed by atoms with Gasteiger partial charge in [-0.3, -0.25) is 14.3 Å². The van der Waals surface area contributed by atoms with Gasteiger partial charge in [-0.05, 0) is 31.2 Å². The predicted molar refractivity (Wildman–Crippen MR) is 119 cm³/mol. The van der Waals surface area contributed by atoms with E-state index >= 15 is 0 Å². The Morgan fingerprint density at radius 3 is 2.73 bits per heavy atom. The summed E-state index contributed by atoms with van der Waals surface area (Å²) in [4.78, 5) is 31.6. The molecule has 2 fully saturated rings. The second kappa shape index (κ2) is 7.58. The molecule has 4 heterocycles. The molecule has 0 aromatic carbocycles. The summed E-state index contributed by atoms with van der Waals surface area (Å²) in [7, 11) is 1.83. The lowest BCUT2D eigenvalue weighted by atomic mass is 10.0. The van der Waals surface area contributed by atoms with Gasteiger partial charge in [0.15, 0.2) is 5.65 Å². The van der Waals surface area contributed by atoms with Gasteiger partial charge < -0.3 is 16.0 Å². The molecule has 5 rings (SSSR count). The van der Waals surface area contributed by atoms with Crippen LogP contribution in [0.3, 0.4) is 0 Å². The number of carbonyl (C=O) groups excluding carboxylic acids is 2. The van der Waals surface area contributed by atoms with Crippen LogP contribution in [0, 0.1) is 22.7 Å². The average Bonchev–Trinajstić information content (AvgIpc) is 3.11. The topological polar surface area (TPSA) is 147 Å². The zero-order chi connectivity index (χ0) is 23.3. The minimum Gasteiger partial charge on any atom is -0.376 e. The fourth-order valence-corrected chi connectivity index (χ4v) is 4.54. The summed E-state index contributed by atoms with van der Waals surface area (Å²) in [5.41, 5.74) is 7.29. The van der Waals surface area contributed by atoms with Gasteiger partial charge in [0.2, 0.25) is 5.91 Å². The van der Waals surface area contributed by atoms with Crippen LogP contribution in [-0.4, -0.2) is 60.2 Å². The van der Waals surface area contributed by atoms with Gasteiger partial charge in [-0.25, -0.2) is 9.50 Å². The maximum absolute atomic E-state index is 12.9. The first-order chi connectivity index (χ1) is 15.8. The smallest absolute Gasteiger partial charge is 0.252 e. The number of nitriles is 1. The molecule has 2 amide bonds. The number of hydrogen-bond acceptors (Lipinski definition) is 7. The fraction of sp³-hybridized carbons (Fsp3) is 0.455. The third-order valence-electron chi connectivity index (χ3n) is 6.69. The number of likely N-dealkylation sites (tertiary alicyclic amines) is 1. The molecule has 0 bridgehead atoms. The van der Waals surface area contributed by atoms with E-state index in [-0.39, 0.29) is 23.4 Å². The molecule has 1 aliphatic carbocycles. The number of fused-ring (bicyclic) bond motifs is 1. The van der Waals surface area contributed by atoms with Crippen molar-refractivity contribution in [2.75, 3.05) is 18.4 Å². The maximum atomic E-state index is 12.9. The molecule has 11 nitrogen and oxygen atoms in total. The number of nitrogens with zero attached hydrogens (tertiary/aromatic N) is 7. The Morgan fingerprint density at radius 1 is 1.33 bits per heavy atom. The lowest BCUT2D eigenvalue weighted by Crippen LogP contribution is -2.36. The number of aryl methyl sites for hydroxylation is 1. The fourth-order valence-electron chi connectivity index (χ4n) is 4.54. The molecule has 3 aromatic heterocycles. The summed E-state index contributed by atoms with van der Waals surface area (Å²) in [6, 6.07) is 3.92. The summed E-state index contributed by atoms with van der Waals surface area (Å²) < 4.78 is 3.27. The highest BCUT2D eigenvalue weighted by atomic mass is 16.2. The number of rotatable bonds is 6. The Balaban J connectivity index is 1.49. The number of amides is 2. The van der Waals surface area contributed by atoms with E-state index in [2.05, 4.69) is 33.5 Å². The monoisotopic (exact) mass is 447 g/mol. The molecule has 1 saturated heterocycles. The van der Waals surface area contributed by atoms with Gasteiger partial charge in [-0.15, -0.1) is 0 Å². The van der Waals surface area contributed by atoms with Crippen molar-refractivity contribution in [2.45, 2.75) is 32.2 Å². The third kappa shape index (κ3) is 3.47. The molecule has 1 saturated carbocycles. The van der Waals surface area contributed by atoms with Gasteiger partial charge in [0.25, 0.3) is 5.91 Å². The molecule has 0 unspecified atom stereocenters. The largest absolute Gasteiger partial charge is 0.376 e. The minimum absolute atomic E-state index is 0.0963. The summed E-state index contributed by atoms with van der Waals surface area (Å²) in [5, 5.41) is 21.6. The molecular weight excluding hydrogens is 422 g/mol. The van der Waals surface area contributed by atoms with Gasteiger partial charge in [-0.1, -0.05) is 6.92 Å². The van der Waals surface area contributed by atoms with E-state index < -0.39 is 11.3 Å². The highest BCUT2D eigenvalue weighted by molar-refractivity contribution is 6.01. The number of primary amides is 1.